The molecule has 0 bridgehead atoms. The number of benzene rings is 2. The van der Waals surface area contributed by atoms with Gasteiger partial charge in [-0.05, 0) is 62.4 Å². The molecule has 0 radical (unpaired) electrons. The summed E-state index contributed by atoms with van der Waals surface area (Å²) >= 11 is 0. The van der Waals surface area contributed by atoms with E-state index in [1.165, 1.54) is 0 Å². The van der Waals surface area contributed by atoms with Crippen molar-refractivity contribution in [2.24, 2.45) is 12.0 Å². The van der Waals surface area contributed by atoms with Crippen LogP contribution < -0.4 is 5.32 Å². The second-order valence-corrected chi connectivity index (χ2v) is 10.2. The van der Waals surface area contributed by atoms with E-state index >= 15 is 0 Å². The standard InChI is InChI=1S/C29H33N7O/c1-20-33-34-28-29(13-14-29)32-27(21-7-10-24(11-8-21)30-15-5-3-4-6-16-37)25-17-22(9-12-26(25)36(20)28)23-18-31-35(2)19-23/h7-12,17-19,30,37H,3-6,13-16H2,1-2H3. The summed E-state index contributed by atoms with van der Waals surface area (Å²) in [5, 5.41) is 25.9. The van der Waals surface area contributed by atoms with Gasteiger partial charge in [-0.3, -0.25) is 14.2 Å². The van der Waals surface area contributed by atoms with Crippen molar-refractivity contribution in [2.75, 3.05) is 18.5 Å². The molecule has 0 atom stereocenters. The van der Waals surface area contributed by atoms with E-state index < -0.39 is 0 Å². The zero-order chi connectivity index (χ0) is 25.4. The smallest absolute Gasteiger partial charge is 0.165 e. The number of anilines is 1. The van der Waals surface area contributed by atoms with Crippen molar-refractivity contribution in [1.29, 1.82) is 0 Å². The lowest BCUT2D eigenvalue weighted by Crippen LogP contribution is -2.11. The SMILES string of the molecule is Cc1nnc2n1-c1ccc(-c3cnn(C)c3)cc1C(c1ccc(NCCCCCCO)cc1)=NC21CC1. The van der Waals surface area contributed by atoms with Crippen LogP contribution in [0.5, 0.6) is 0 Å². The molecule has 6 rings (SSSR count). The number of unbranched alkanes of at least 4 members (excludes halogenated alkanes) is 3. The lowest BCUT2D eigenvalue weighted by atomic mass is 9.96. The fourth-order valence-corrected chi connectivity index (χ4v) is 5.19. The Balaban J connectivity index is 1.36. The van der Waals surface area contributed by atoms with E-state index in [1.54, 1.807) is 0 Å². The van der Waals surface area contributed by atoms with Crippen molar-refractivity contribution in [3.05, 3.63) is 77.6 Å². The van der Waals surface area contributed by atoms with Crippen molar-refractivity contribution in [3.63, 3.8) is 0 Å². The second-order valence-electron chi connectivity index (χ2n) is 10.2. The number of aromatic nitrogens is 5. The molecule has 8 nitrogen and oxygen atoms in total. The summed E-state index contributed by atoms with van der Waals surface area (Å²) in [6.45, 7) is 3.23. The highest BCUT2D eigenvalue weighted by Gasteiger charge is 2.51. The first-order chi connectivity index (χ1) is 18.1. The molecular formula is C29H33N7O. The molecule has 0 unspecified atom stereocenters. The number of hydrogen-bond donors (Lipinski definition) is 2. The number of rotatable bonds is 9. The minimum atomic E-state index is -0.310. The van der Waals surface area contributed by atoms with Crippen molar-refractivity contribution >= 4 is 11.4 Å². The van der Waals surface area contributed by atoms with Gasteiger partial charge in [0.05, 0.1) is 17.6 Å². The van der Waals surface area contributed by atoms with E-state index in [0.29, 0.717) is 0 Å². The number of nitrogens with zero attached hydrogens (tertiary/aromatic N) is 6. The number of hydrogen-bond acceptors (Lipinski definition) is 6. The summed E-state index contributed by atoms with van der Waals surface area (Å²) in [6.07, 6.45) is 10.1. The van der Waals surface area contributed by atoms with E-state index in [9.17, 15) is 0 Å². The summed E-state index contributed by atoms with van der Waals surface area (Å²) < 4.78 is 4.02. The summed E-state index contributed by atoms with van der Waals surface area (Å²) in [4.78, 5) is 5.39. The molecule has 190 valence electrons. The van der Waals surface area contributed by atoms with Gasteiger partial charge in [0.25, 0.3) is 0 Å². The van der Waals surface area contributed by atoms with Gasteiger partial charge < -0.3 is 10.4 Å². The monoisotopic (exact) mass is 495 g/mol. The van der Waals surface area contributed by atoms with Crippen LogP contribution in [0, 0.1) is 6.92 Å². The number of aliphatic hydroxyl groups is 1. The van der Waals surface area contributed by atoms with Crippen molar-refractivity contribution in [3.8, 4) is 16.8 Å². The first-order valence-electron chi connectivity index (χ1n) is 13.2. The Morgan fingerprint density at radius 1 is 0.946 bits per heavy atom. The van der Waals surface area contributed by atoms with Gasteiger partial charge in [-0.15, -0.1) is 10.2 Å². The number of nitrogens with one attached hydrogen (secondary N) is 1. The van der Waals surface area contributed by atoms with E-state index in [0.717, 1.165) is 96.1 Å². The molecule has 1 saturated carbocycles. The third-order valence-electron chi connectivity index (χ3n) is 7.39. The fraction of sp³-hybridized carbons (Fsp3) is 0.379. The number of fused-ring (bicyclic) bond motifs is 4. The normalized spacial score (nSPS) is 15.2. The molecular weight excluding hydrogens is 462 g/mol. The number of aliphatic hydroxyl groups excluding tert-OH is 1. The van der Waals surface area contributed by atoms with Gasteiger partial charge in [0.1, 0.15) is 11.4 Å². The Kier molecular flexibility index (Phi) is 6.12. The van der Waals surface area contributed by atoms with Crippen molar-refractivity contribution in [1.82, 2.24) is 24.5 Å². The lowest BCUT2D eigenvalue weighted by molar-refractivity contribution is 0.283. The second kappa shape index (κ2) is 9.59. The zero-order valence-electron chi connectivity index (χ0n) is 21.5. The summed E-state index contributed by atoms with van der Waals surface area (Å²) in [5.74, 6) is 1.82. The Morgan fingerprint density at radius 2 is 1.73 bits per heavy atom. The average Bonchev–Trinajstić information content (AvgIpc) is 3.43. The molecule has 0 amide bonds. The van der Waals surface area contributed by atoms with Gasteiger partial charge in [-0.25, -0.2) is 0 Å². The molecule has 1 spiro atoms. The van der Waals surface area contributed by atoms with Crippen LogP contribution in [0.1, 0.15) is 61.3 Å². The van der Waals surface area contributed by atoms with E-state index in [1.807, 2.05) is 31.0 Å². The third kappa shape index (κ3) is 4.46. The Bertz CT molecular complexity index is 1440. The quantitative estimate of drug-likeness (QED) is 0.326. The predicted molar refractivity (Wildman–Crippen MR) is 145 cm³/mol. The highest BCUT2D eigenvalue weighted by Crippen LogP contribution is 2.51. The minimum absolute atomic E-state index is 0.282. The maximum absolute atomic E-state index is 8.94. The van der Waals surface area contributed by atoms with Gasteiger partial charge in [0.15, 0.2) is 5.82 Å². The Hall–Kier alpha value is -3.78. The molecule has 2 N–H and O–H groups in total. The highest BCUT2D eigenvalue weighted by atomic mass is 16.2. The molecule has 1 aliphatic carbocycles. The molecule has 1 fully saturated rings. The van der Waals surface area contributed by atoms with Crippen LogP contribution in [0.3, 0.4) is 0 Å². The highest BCUT2D eigenvalue weighted by molar-refractivity contribution is 6.16. The summed E-state index contributed by atoms with van der Waals surface area (Å²) in [5.41, 5.74) is 7.23. The Morgan fingerprint density at radius 3 is 2.46 bits per heavy atom. The van der Waals surface area contributed by atoms with Gasteiger partial charge >= 0.3 is 0 Å². The predicted octanol–water partition coefficient (Wildman–Crippen LogP) is 4.78. The van der Waals surface area contributed by atoms with Gasteiger partial charge in [0.2, 0.25) is 0 Å². The molecule has 1 aliphatic heterocycles. The fourth-order valence-electron chi connectivity index (χ4n) is 5.19. The largest absolute Gasteiger partial charge is 0.396 e. The molecule has 2 aromatic heterocycles. The van der Waals surface area contributed by atoms with E-state index in [2.05, 4.69) is 67.6 Å². The molecule has 3 heterocycles. The lowest BCUT2D eigenvalue weighted by Gasteiger charge is -2.14. The first-order valence-corrected chi connectivity index (χ1v) is 13.2. The third-order valence-corrected chi connectivity index (χ3v) is 7.39. The minimum Gasteiger partial charge on any atom is -0.396 e. The van der Waals surface area contributed by atoms with Crippen LogP contribution in [-0.2, 0) is 12.6 Å². The van der Waals surface area contributed by atoms with Crippen LogP contribution in [0.15, 0.2) is 59.9 Å². The van der Waals surface area contributed by atoms with E-state index in [-0.39, 0.29) is 12.1 Å². The van der Waals surface area contributed by atoms with Crippen LogP contribution in [0.2, 0.25) is 0 Å². The van der Waals surface area contributed by atoms with Gasteiger partial charge in [-0.2, -0.15) is 5.10 Å². The van der Waals surface area contributed by atoms with Crippen LogP contribution >= 0.6 is 0 Å². The topological polar surface area (TPSA) is 93.2 Å². The van der Waals surface area contributed by atoms with Crippen LogP contribution in [0.25, 0.3) is 16.8 Å². The molecule has 8 heteroatoms. The number of aliphatic imine (C=N–C) groups is 1. The van der Waals surface area contributed by atoms with Crippen LogP contribution in [-0.4, -0.2) is 48.5 Å². The van der Waals surface area contributed by atoms with Crippen LogP contribution in [0.4, 0.5) is 5.69 Å². The van der Waals surface area contributed by atoms with Gasteiger partial charge in [-0.1, -0.05) is 31.0 Å². The number of aryl methyl sites for hydroxylation is 2. The molecule has 4 aromatic rings. The first kappa shape index (κ1) is 23.6. The van der Waals surface area contributed by atoms with Crippen molar-refractivity contribution < 1.29 is 5.11 Å². The summed E-state index contributed by atoms with van der Waals surface area (Å²) in [7, 11) is 1.94. The summed E-state index contributed by atoms with van der Waals surface area (Å²) in [6, 6.07) is 15.2. The van der Waals surface area contributed by atoms with Gasteiger partial charge in [0, 0.05) is 48.8 Å². The molecule has 2 aliphatic rings. The zero-order valence-corrected chi connectivity index (χ0v) is 21.5. The molecule has 37 heavy (non-hydrogen) atoms. The molecule has 2 aromatic carbocycles. The maximum Gasteiger partial charge on any atom is 0.165 e. The maximum atomic E-state index is 8.94. The van der Waals surface area contributed by atoms with Crippen molar-refractivity contribution in [2.45, 2.75) is 51.0 Å². The van der Waals surface area contributed by atoms with E-state index in [4.69, 9.17) is 10.1 Å². The molecule has 0 saturated heterocycles. The average molecular weight is 496 g/mol. The Labute approximate surface area is 217 Å².